The molecule has 0 aliphatic heterocycles. The Kier molecular flexibility index (Phi) is 3.14. The molecule has 3 nitrogen and oxygen atoms in total. The molecule has 0 spiro atoms. The third-order valence-corrected chi connectivity index (χ3v) is 3.81. The van der Waals surface area contributed by atoms with Crippen molar-refractivity contribution in [3.63, 3.8) is 0 Å². The minimum absolute atomic E-state index is 0.769. The van der Waals surface area contributed by atoms with Crippen LogP contribution in [0, 0.1) is 20.8 Å². The molecule has 3 rings (SSSR count). The molecule has 102 valence electrons. The molecular weight excluding hydrogens is 272 g/mol. The van der Waals surface area contributed by atoms with Gasteiger partial charge in [0.15, 0.2) is 0 Å². The van der Waals surface area contributed by atoms with Crippen LogP contribution < -0.4 is 4.74 Å². The standard InChI is InChI=1S/C16H15ClN2O/c1-9-6-13(7-10(2)16(9)17)20-12-4-5-14-15(8-12)19-11(3)18-14/h4-8H,1-3H3,(H,18,19). The van der Waals surface area contributed by atoms with Gasteiger partial charge in [0.1, 0.15) is 17.3 Å². The van der Waals surface area contributed by atoms with E-state index in [-0.39, 0.29) is 0 Å². The average molecular weight is 287 g/mol. The molecule has 2 aromatic carbocycles. The molecule has 0 saturated heterocycles. The third-order valence-electron chi connectivity index (χ3n) is 3.22. The number of halogens is 1. The number of hydrogen-bond acceptors (Lipinski definition) is 2. The number of nitrogens with zero attached hydrogens (tertiary/aromatic N) is 1. The summed E-state index contributed by atoms with van der Waals surface area (Å²) in [5.74, 6) is 2.46. The van der Waals surface area contributed by atoms with Crippen LogP contribution in [-0.4, -0.2) is 9.97 Å². The quantitative estimate of drug-likeness (QED) is 0.725. The summed E-state index contributed by atoms with van der Waals surface area (Å²) in [6.45, 7) is 5.89. The van der Waals surface area contributed by atoms with Crippen LogP contribution in [0.25, 0.3) is 11.0 Å². The van der Waals surface area contributed by atoms with Gasteiger partial charge in [-0.3, -0.25) is 0 Å². The van der Waals surface area contributed by atoms with Crippen molar-refractivity contribution in [3.8, 4) is 11.5 Å². The number of rotatable bonds is 2. The largest absolute Gasteiger partial charge is 0.457 e. The third kappa shape index (κ3) is 2.37. The van der Waals surface area contributed by atoms with Crippen LogP contribution in [0.5, 0.6) is 11.5 Å². The molecule has 3 aromatic rings. The number of H-pyrrole nitrogens is 1. The second-order valence-electron chi connectivity index (χ2n) is 4.97. The van der Waals surface area contributed by atoms with Crippen molar-refractivity contribution in [2.45, 2.75) is 20.8 Å². The number of aromatic amines is 1. The lowest BCUT2D eigenvalue weighted by atomic mass is 10.1. The Morgan fingerprint density at radius 2 is 1.70 bits per heavy atom. The van der Waals surface area contributed by atoms with Crippen molar-refractivity contribution in [3.05, 3.63) is 52.3 Å². The predicted octanol–water partition coefficient (Wildman–Crippen LogP) is 4.93. The van der Waals surface area contributed by atoms with Gasteiger partial charge in [0, 0.05) is 11.1 Å². The van der Waals surface area contributed by atoms with Gasteiger partial charge in [-0.15, -0.1) is 0 Å². The molecule has 0 saturated carbocycles. The SMILES string of the molecule is Cc1nc2cc(Oc3cc(C)c(Cl)c(C)c3)ccc2[nH]1. The van der Waals surface area contributed by atoms with Crippen LogP contribution in [0.4, 0.5) is 0 Å². The van der Waals surface area contributed by atoms with Crippen LogP contribution in [-0.2, 0) is 0 Å². The first-order valence-electron chi connectivity index (χ1n) is 6.44. The van der Waals surface area contributed by atoms with Gasteiger partial charge in [0.05, 0.1) is 11.0 Å². The first kappa shape index (κ1) is 13.0. The molecule has 1 heterocycles. The van der Waals surface area contributed by atoms with Crippen molar-refractivity contribution < 1.29 is 4.74 Å². The first-order chi connectivity index (χ1) is 9.52. The lowest BCUT2D eigenvalue weighted by Crippen LogP contribution is -1.88. The molecule has 1 aromatic heterocycles. The zero-order chi connectivity index (χ0) is 14.3. The summed E-state index contributed by atoms with van der Waals surface area (Å²) < 4.78 is 5.90. The molecule has 0 bridgehead atoms. The molecule has 0 unspecified atom stereocenters. The Morgan fingerprint density at radius 3 is 2.40 bits per heavy atom. The van der Waals surface area contributed by atoms with E-state index in [1.54, 1.807) is 0 Å². The summed E-state index contributed by atoms with van der Waals surface area (Å²) >= 11 is 6.16. The number of aryl methyl sites for hydroxylation is 3. The van der Waals surface area contributed by atoms with Gasteiger partial charge in [0.2, 0.25) is 0 Å². The van der Waals surface area contributed by atoms with Gasteiger partial charge in [-0.25, -0.2) is 4.98 Å². The van der Waals surface area contributed by atoms with Gasteiger partial charge in [0.25, 0.3) is 0 Å². The fourth-order valence-electron chi connectivity index (χ4n) is 2.28. The summed E-state index contributed by atoms with van der Waals surface area (Å²) in [5, 5.41) is 0.788. The maximum atomic E-state index is 6.16. The van der Waals surface area contributed by atoms with E-state index in [1.165, 1.54) is 0 Å². The van der Waals surface area contributed by atoms with E-state index in [0.29, 0.717) is 0 Å². The highest BCUT2D eigenvalue weighted by Gasteiger charge is 2.06. The number of ether oxygens (including phenoxy) is 1. The predicted molar refractivity (Wildman–Crippen MR) is 81.8 cm³/mol. The fraction of sp³-hybridized carbons (Fsp3) is 0.188. The number of benzene rings is 2. The average Bonchev–Trinajstić information content (AvgIpc) is 2.75. The van der Waals surface area contributed by atoms with E-state index < -0.39 is 0 Å². The molecule has 0 atom stereocenters. The molecule has 20 heavy (non-hydrogen) atoms. The highest BCUT2D eigenvalue weighted by Crippen LogP contribution is 2.30. The Balaban J connectivity index is 1.96. The Morgan fingerprint density at radius 1 is 1.00 bits per heavy atom. The summed E-state index contributed by atoms with van der Waals surface area (Å²) in [4.78, 5) is 7.60. The molecule has 1 N–H and O–H groups in total. The lowest BCUT2D eigenvalue weighted by molar-refractivity contribution is 0.482. The van der Waals surface area contributed by atoms with Gasteiger partial charge in [-0.1, -0.05) is 11.6 Å². The van der Waals surface area contributed by atoms with Crippen molar-refractivity contribution in [1.29, 1.82) is 0 Å². The Hall–Kier alpha value is -2.00. The molecule has 0 amide bonds. The highest BCUT2D eigenvalue weighted by atomic mass is 35.5. The molecule has 0 fully saturated rings. The van der Waals surface area contributed by atoms with Crippen LogP contribution in [0.15, 0.2) is 30.3 Å². The zero-order valence-corrected chi connectivity index (χ0v) is 12.4. The fourth-order valence-corrected chi connectivity index (χ4v) is 2.39. The van der Waals surface area contributed by atoms with E-state index >= 15 is 0 Å². The number of fused-ring (bicyclic) bond motifs is 1. The van der Waals surface area contributed by atoms with Crippen LogP contribution in [0.1, 0.15) is 17.0 Å². The lowest BCUT2D eigenvalue weighted by Gasteiger charge is -2.09. The smallest absolute Gasteiger partial charge is 0.129 e. The zero-order valence-electron chi connectivity index (χ0n) is 11.6. The number of aromatic nitrogens is 2. The summed E-state index contributed by atoms with van der Waals surface area (Å²) in [6.07, 6.45) is 0. The molecule has 0 radical (unpaired) electrons. The number of hydrogen-bond donors (Lipinski definition) is 1. The maximum Gasteiger partial charge on any atom is 0.129 e. The van der Waals surface area contributed by atoms with Gasteiger partial charge < -0.3 is 9.72 Å². The van der Waals surface area contributed by atoms with Crippen molar-refractivity contribution in [2.75, 3.05) is 0 Å². The second-order valence-corrected chi connectivity index (χ2v) is 5.35. The Labute approximate surface area is 122 Å². The summed E-state index contributed by atoms with van der Waals surface area (Å²) in [6, 6.07) is 9.71. The molecule has 4 heteroatoms. The van der Waals surface area contributed by atoms with Crippen molar-refractivity contribution in [1.82, 2.24) is 9.97 Å². The molecular formula is C16H15ClN2O. The topological polar surface area (TPSA) is 37.9 Å². The first-order valence-corrected chi connectivity index (χ1v) is 6.82. The van der Waals surface area contributed by atoms with Crippen LogP contribution in [0.2, 0.25) is 5.02 Å². The van der Waals surface area contributed by atoms with Crippen LogP contribution >= 0.6 is 11.6 Å². The number of imidazole rings is 1. The molecule has 0 aliphatic rings. The van der Waals surface area contributed by atoms with E-state index in [2.05, 4.69) is 9.97 Å². The van der Waals surface area contributed by atoms with E-state index in [4.69, 9.17) is 16.3 Å². The highest BCUT2D eigenvalue weighted by molar-refractivity contribution is 6.32. The minimum Gasteiger partial charge on any atom is -0.457 e. The van der Waals surface area contributed by atoms with Crippen LogP contribution in [0.3, 0.4) is 0 Å². The summed E-state index contributed by atoms with van der Waals surface area (Å²) in [7, 11) is 0. The van der Waals surface area contributed by atoms with Crippen molar-refractivity contribution in [2.24, 2.45) is 0 Å². The number of nitrogens with one attached hydrogen (secondary N) is 1. The van der Waals surface area contributed by atoms with Gasteiger partial charge in [-0.05, 0) is 56.2 Å². The second kappa shape index (κ2) is 4.84. The van der Waals surface area contributed by atoms with E-state index in [0.717, 1.165) is 44.5 Å². The van der Waals surface area contributed by atoms with Crippen molar-refractivity contribution >= 4 is 22.6 Å². The maximum absolute atomic E-state index is 6.16. The monoisotopic (exact) mass is 286 g/mol. The summed E-state index contributed by atoms with van der Waals surface area (Å²) in [5.41, 5.74) is 3.94. The normalized spacial score (nSPS) is 11.0. The molecule has 0 aliphatic carbocycles. The van der Waals surface area contributed by atoms with Gasteiger partial charge >= 0.3 is 0 Å². The minimum atomic E-state index is 0.769. The van der Waals surface area contributed by atoms with Gasteiger partial charge in [-0.2, -0.15) is 0 Å². The van der Waals surface area contributed by atoms with E-state index in [1.807, 2.05) is 51.1 Å². The Bertz CT molecular complexity index is 769. The van der Waals surface area contributed by atoms with E-state index in [9.17, 15) is 0 Å².